The van der Waals surface area contributed by atoms with Crippen molar-refractivity contribution < 1.29 is 32.1 Å². The summed E-state index contributed by atoms with van der Waals surface area (Å²) in [6.45, 7) is 12.8. The zero-order valence-electron chi connectivity index (χ0n) is 34.1. The molecule has 0 aliphatic heterocycles. The maximum atomic E-state index is 14.3. The summed E-state index contributed by atoms with van der Waals surface area (Å²) in [7, 11) is -4.73. The highest BCUT2D eigenvalue weighted by Gasteiger charge is 2.28. The van der Waals surface area contributed by atoms with Crippen molar-refractivity contribution in [2.45, 2.75) is 70.1 Å². The molecule has 0 aliphatic carbocycles. The first-order valence-electron chi connectivity index (χ1n) is 19.3. The molecule has 1 aromatic heterocycles. The Kier molecular flexibility index (Phi) is 12.3. The van der Waals surface area contributed by atoms with Gasteiger partial charge in [-0.15, -0.1) is 0 Å². The molecule has 0 radical (unpaired) electrons. The lowest BCUT2D eigenvalue weighted by molar-refractivity contribution is 0.101. The Morgan fingerprint density at radius 3 is 1.98 bits per heavy atom. The third kappa shape index (κ3) is 9.57. The van der Waals surface area contributed by atoms with Crippen LogP contribution in [0.2, 0.25) is 0 Å². The minimum atomic E-state index is -4.73. The fourth-order valence-corrected chi connectivity index (χ4v) is 7.08. The summed E-state index contributed by atoms with van der Waals surface area (Å²) in [6.07, 6.45) is 1.71. The van der Waals surface area contributed by atoms with Crippen molar-refractivity contribution in [2.24, 2.45) is 0 Å². The van der Waals surface area contributed by atoms with Crippen LogP contribution >= 0.6 is 0 Å². The number of nitrogens with one attached hydrogen (secondary N) is 4. The molecular weight excluding hydrogens is 783 g/mol. The van der Waals surface area contributed by atoms with Crippen LogP contribution in [0.15, 0.2) is 131 Å². The topological polar surface area (TPSA) is 189 Å². The predicted octanol–water partition coefficient (Wildman–Crippen LogP) is 9.34. The summed E-state index contributed by atoms with van der Waals surface area (Å²) < 4.78 is 41.7. The first kappa shape index (κ1) is 42.8. The van der Waals surface area contributed by atoms with Crippen molar-refractivity contribution in [3.63, 3.8) is 0 Å². The third-order valence-electron chi connectivity index (χ3n) is 10.7. The van der Waals surface area contributed by atoms with Crippen LogP contribution in [0.4, 0.5) is 17.2 Å². The fraction of sp³-hybridized carbons (Fsp3) is 0.217. The van der Waals surface area contributed by atoms with Crippen LogP contribution < -0.4 is 26.2 Å². The summed E-state index contributed by atoms with van der Waals surface area (Å²) in [5.41, 5.74) is 2.13. The molecule has 0 unspecified atom stereocenters. The van der Waals surface area contributed by atoms with Gasteiger partial charge >= 0.3 is 0 Å². The average Bonchev–Trinajstić information content (AvgIpc) is 3.60. The zero-order valence-corrected chi connectivity index (χ0v) is 34.9. The molecule has 5 aromatic carbocycles. The SMILES string of the molecule is CCC(C)(C)c1ccc(Oc2ccc(NC(=O)c3ccccc3S(=O)(=O)O)cc2C(=O)Nc2cccc(C(=O)Nc3cc(=O)n(-c4ccccc4)[nH]3)c2)c(C(C)(C)CC)c1. The lowest BCUT2D eigenvalue weighted by Gasteiger charge is -2.30. The normalized spacial score (nSPS) is 11.8. The summed E-state index contributed by atoms with van der Waals surface area (Å²) in [4.78, 5) is 53.1. The van der Waals surface area contributed by atoms with Gasteiger partial charge in [0, 0.05) is 28.6 Å². The van der Waals surface area contributed by atoms with Crippen molar-refractivity contribution in [3.05, 3.63) is 159 Å². The van der Waals surface area contributed by atoms with E-state index in [-0.39, 0.29) is 56.0 Å². The van der Waals surface area contributed by atoms with Crippen LogP contribution in [0.3, 0.4) is 0 Å². The molecule has 0 aliphatic rings. The van der Waals surface area contributed by atoms with Crippen molar-refractivity contribution in [1.29, 1.82) is 0 Å². The van der Waals surface area contributed by atoms with E-state index in [1.54, 1.807) is 42.5 Å². The second-order valence-corrected chi connectivity index (χ2v) is 17.0. The Morgan fingerprint density at radius 2 is 1.30 bits per heavy atom. The Labute approximate surface area is 348 Å². The quantitative estimate of drug-likeness (QED) is 0.0672. The van der Waals surface area contributed by atoms with Crippen LogP contribution in [0.1, 0.15) is 96.6 Å². The van der Waals surface area contributed by atoms with E-state index in [9.17, 15) is 32.1 Å². The van der Waals surface area contributed by atoms with Gasteiger partial charge in [0.15, 0.2) is 0 Å². The molecule has 0 bridgehead atoms. The number of carbonyl (C=O) groups is 3. The van der Waals surface area contributed by atoms with Gasteiger partial charge in [-0.2, -0.15) is 8.42 Å². The molecule has 13 nitrogen and oxygen atoms in total. The van der Waals surface area contributed by atoms with Crippen LogP contribution in [0.25, 0.3) is 5.69 Å². The highest BCUT2D eigenvalue weighted by molar-refractivity contribution is 7.86. The Balaban J connectivity index is 1.33. The van der Waals surface area contributed by atoms with E-state index in [1.807, 2.05) is 18.2 Å². The van der Waals surface area contributed by atoms with E-state index < -0.39 is 32.7 Å². The number of rotatable bonds is 14. The van der Waals surface area contributed by atoms with Gasteiger partial charge in [0.2, 0.25) is 0 Å². The van der Waals surface area contributed by atoms with Gasteiger partial charge in [-0.05, 0) is 96.0 Å². The molecule has 0 saturated carbocycles. The molecule has 14 heteroatoms. The van der Waals surface area contributed by atoms with Crippen LogP contribution in [-0.2, 0) is 20.9 Å². The van der Waals surface area contributed by atoms with Crippen LogP contribution in [-0.4, -0.2) is 40.5 Å². The molecule has 6 aromatic rings. The molecule has 0 saturated heterocycles. The van der Waals surface area contributed by atoms with E-state index >= 15 is 0 Å². The number of hydrogen-bond acceptors (Lipinski definition) is 7. The third-order valence-corrected chi connectivity index (χ3v) is 11.6. The van der Waals surface area contributed by atoms with Crippen molar-refractivity contribution in [3.8, 4) is 17.2 Å². The molecule has 6 rings (SSSR count). The Bertz CT molecular complexity index is 2750. The second kappa shape index (κ2) is 17.2. The van der Waals surface area contributed by atoms with Gasteiger partial charge in [0.05, 0.1) is 16.8 Å². The lowest BCUT2D eigenvalue weighted by Crippen LogP contribution is -2.21. The molecular formula is C46H47N5O8S. The summed E-state index contributed by atoms with van der Waals surface area (Å²) in [5, 5.41) is 11.0. The van der Waals surface area contributed by atoms with Crippen LogP contribution in [0.5, 0.6) is 11.5 Å². The number of hydrogen-bond donors (Lipinski definition) is 5. The van der Waals surface area contributed by atoms with Crippen molar-refractivity contribution in [1.82, 2.24) is 9.78 Å². The van der Waals surface area contributed by atoms with Crippen LogP contribution in [0, 0.1) is 0 Å². The van der Waals surface area contributed by atoms with E-state index in [2.05, 4.69) is 68.7 Å². The summed E-state index contributed by atoms with van der Waals surface area (Å²) in [6, 6.07) is 32.0. The molecule has 5 N–H and O–H groups in total. The van der Waals surface area contributed by atoms with E-state index in [4.69, 9.17) is 4.74 Å². The summed E-state index contributed by atoms with van der Waals surface area (Å²) >= 11 is 0. The van der Waals surface area contributed by atoms with Crippen molar-refractivity contribution in [2.75, 3.05) is 16.0 Å². The number of aromatic nitrogens is 2. The first-order valence-corrected chi connectivity index (χ1v) is 20.8. The second-order valence-electron chi connectivity index (χ2n) is 15.6. The number of para-hydroxylation sites is 1. The number of aromatic amines is 1. The number of ether oxygens (including phenoxy) is 1. The van der Waals surface area contributed by atoms with E-state index in [0.717, 1.165) is 30.0 Å². The predicted molar refractivity (Wildman–Crippen MR) is 233 cm³/mol. The molecule has 0 atom stereocenters. The van der Waals surface area contributed by atoms with Gasteiger partial charge < -0.3 is 20.7 Å². The van der Waals surface area contributed by atoms with Gasteiger partial charge in [-0.25, -0.2) is 4.68 Å². The molecule has 0 spiro atoms. The van der Waals surface area contributed by atoms with Gasteiger partial charge in [-0.3, -0.25) is 28.8 Å². The standard InChI is InChI=1S/C46H47N5O8S/c1-7-45(3,4)30-21-23-38(36(26-30)46(5,6)8-2)59-37-24-22-32(48-43(54)34-19-12-13-20-39(34)60(56,57)58)27-35(37)44(55)47-31-16-14-15-29(25-31)42(53)49-40-28-41(52)51(50-40)33-17-10-9-11-18-33/h9-28,50H,7-8H2,1-6H3,(H,47,55)(H,48,54)(H,49,53)(H,56,57,58). The Morgan fingerprint density at radius 1 is 0.667 bits per heavy atom. The zero-order chi connectivity index (χ0) is 43.4. The largest absolute Gasteiger partial charge is 0.456 e. The molecule has 1 heterocycles. The van der Waals surface area contributed by atoms with Gasteiger partial charge in [0.1, 0.15) is 22.2 Å². The molecule has 60 heavy (non-hydrogen) atoms. The maximum Gasteiger partial charge on any atom is 0.295 e. The number of nitrogens with zero attached hydrogens (tertiary/aromatic N) is 1. The molecule has 310 valence electrons. The first-order chi connectivity index (χ1) is 28.4. The number of anilines is 3. The number of benzene rings is 5. The summed E-state index contributed by atoms with van der Waals surface area (Å²) in [5.74, 6) is -1.19. The smallest absolute Gasteiger partial charge is 0.295 e. The van der Waals surface area contributed by atoms with Gasteiger partial charge in [0.25, 0.3) is 33.4 Å². The minimum Gasteiger partial charge on any atom is -0.456 e. The maximum absolute atomic E-state index is 14.3. The Hall–Kier alpha value is -6.77. The average molecular weight is 830 g/mol. The van der Waals surface area contributed by atoms with Gasteiger partial charge in [-0.1, -0.05) is 90.1 Å². The number of carbonyl (C=O) groups excluding carboxylic acids is 3. The number of amides is 3. The highest BCUT2D eigenvalue weighted by atomic mass is 32.2. The highest BCUT2D eigenvalue weighted by Crippen LogP contribution is 2.41. The molecule has 3 amide bonds. The minimum absolute atomic E-state index is 0.00349. The molecule has 0 fully saturated rings. The fourth-order valence-electron chi connectivity index (χ4n) is 6.39. The number of H-pyrrole nitrogens is 1. The monoisotopic (exact) mass is 829 g/mol. The van der Waals surface area contributed by atoms with E-state index in [0.29, 0.717) is 11.4 Å². The van der Waals surface area contributed by atoms with E-state index in [1.165, 1.54) is 53.2 Å². The lowest BCUT2D eigenvalue weighted by atomic mass is 9.76. The van der Waals surface area contributed by atoms with Crippen molar-refractivity contribution >= 4 is 45.0 Å².